The summed E-state index contributed by atoms with van der Waals surface area (Å²) in [5.74, 6) is -0.00762. The smallest absolute Gasteiger partial charge is 0.161 e. The number of hydrogen-bond acceptors (Lipinski definition) is 3. The molecule has 1 aliphatic heterocycles. The van der Waals surface area contributed by atoms with E-state index >= 15 is 0 Å². The molecule has 1 saturated heterocycles. The van der Waals surface area contributed by atoms with E-state index in [1.165, 1.54) is 6.92 Å². The predicted molar refractivity (Wildman–Crippen MR) is 73.7 cm³/mol. The van der Waals surface area contributed by atoms with Crippen LogP contribution in [0.15, 0.2) is 18.2 Å². The number of benzene rings is 1. The number of hydrogen-bond donors (Lipinski definition) is 0. The molecule has 0 bridgehead atoms. The molecule has 2 rings (SSSR count). The topological polar surface area (TPSA) is 29.5 Å². The van der Waals surface area contributed by atoms with Crippen molar-refractivity contribution in [2.75, 3.05) is 18.6 Å². The second kappa shape index (κ2) is 5.29. The van der Waals surface area contributed by atoms with Crippen molar-refractivity contribution in [1.29, 1.82) is 0 Å². The normalized spacial score (nSPS) is 23.1. The van der Waals surface area contributed by atoms with E-state index in [4.69, 9.17) is 16.3 Å². The van der Waals surface area contributed by atoms with Gasteiger partial charge in [0.2, 0.25) is 0 Å². The van der Waals surface area contributed by atoms with Crippen LogP contribution in [-0.4, -0.2) is 31.6 Å². The summed E-state index contributed by atoms with van der Waals surface area (Å²) in [7, 11) is 2.04. The summed E-state index contributed by atoms with van der Waals surface area (Å²) < 4.78 is 5.57. The number of halogens is 1. The third-order valence-corrected chi connectivity index (χ3v) is 3.89. The van der Waals surface area contributed by atoms with Gasteiger partial charge in [0, 0.05) is 24.9 Å². The molecule has 1 aliphatic rings. The molecule has 0 aromatic heterocycles. The maximum absolute atomic E-state index is 11.3. The van der Waals surface area contributed by atoms with Crippen LogP contribution in [-0.2, 0) is 4.74 Å². The number of carbonyl (C=O) groups excluding carboxylic acids is 1. The van der Waals surface area contributed by atoms with Gasteiger partial charge < -0.3 is 9.64 Å². The lowest BCUT2D eigenvalue weighted by molar-refractivity contribution is 0.101. The highest BCUT2D eigenvalue weighted by Gasteiger charge is 2.28. The van der Waals surface area contributed by atoms with Gasteiger partial charge in [-0.15, -0.1) is 0 Å². The first kappa shape index (κ1) is 13.4. The zero-order valence-electron chi connectivity index (χ0n) is 10.9. The zero-order chi connectivity index (χ0) is 13.3. The molecule has 0 aliphatic carbocycles. The largest absolute Gasteiger partial charge is 0.376 e. The summed E-state index contributed by atoms with van der Waals surface area (Å²) in [6.45, 7) is 4.41. The van der Waals surface area contributed by atoms with E-state index in [0.717, 1.165) is 18.7 Å². The lowest BCUT2D eigenvalue weighted by Crippen LogP contribution is -2.36. The van der Waals surface area contributed by atoms with Gasteiger partial charge in [0.15, 0.2) is 5.78 Å². The van der Waals surface area contributed by atoms with Crippen LogP contribution in [0, 0.1) is 0 Å². The van der Waals surface area contributed by atoms with Gasteiger partial charge in [-0.2, -0.15) is 0 Å². The van der Waals surface area contributed by atoms with E-state index in [0.29, 0.717) is 16.6 Å². The predicted octanol–water partition coefficient (Wildman–Crippen LogP) is 3.16. The molecule has 1 heterocycles. The molecule has 2 unspecified atom stereocenters. The summed E-state index contributed by atoms with van der Waals surface area (Å²) in [6, 6.07) is 5.94. The summed E-state index contributed by atoms with van der Waals surface area (Å²) >= 11 is 6.13. The fraction of sp³-hybridized carbons (Fsp3) is 0.500. The highest BCUT2D eigenvalue weighted by molar-refractivity contribution is 6.34. The monoisotopic (exact) mass is 267 g/mol. The summed E-state index contributed by atoms with van der Waals surface area (Å²) in [4.78, 5) is 13.5. The van der Waals surface area contributed by atoms with Crippen LogP contribution in [0.4, 0.5) is 5.69 Å². The van der Waals surface area contributed by atoms with Gasteiger partial charge in [-0.3, -0.25) is 4.79 Å². The Morgan fingerprint density at radius 2 is 2.22 bits per heavy atom. The Balaban J connectivity index is 2.23. The molecule has 1 aromatic rings. The van der Waals surface area contributed by atoms with Crippen LogP contribution in [0.3, 0.4) is 0 Å². The molecule has 3 nitrogen and oxygen atoms in total. The second-order valence-electron chi connectivity index (χ2n) is 4.76. The number of likely N-dealkylation sites (N-methyl/N-ethyl adjacent to an activating group) is 1. The van der Waals surface area contributed by atoms with Crippen LogP contribution in [0.25, 0.3) is 0 Å². The highest BCUT2D eigenvalue weighted by atomic mass is 35.5. The number of anilines is 1. The summed E-state index contributed by atoms with van der Waals surface area (Å²) in [6.07, 6.45) is 1.24. The van der Waals surface area contributed by atoms with Crippen molar-refractivity contribution in [3.8, 4) is 0 Å². The Morgan fingerprint density at radius 1 is 1.50 bits per heavy atom. The molecule has 0 N–H and O–H groups in total. The van der Waals surface area contributed by atoms with Crippen molar-refractivity contribution in [3.05, 3.63) is 28.8 Å². The van der Waals surface area contributed by atoms with Gasteiger partial charge in [0.25, 0.3) is 0 Å². The van der Waals surface area contributed by atoms with Crippen LogP contribution in [0.1, 0.15) is 30.6 Å². The first-order valence-electron chi connectivity index (χ1n) is 6.15. The van der Waals surface area contributed by atoms with Crippen LogP contribution in [0.2, 0.25) is 5.02 Å². The van der Waals surface area contributed by atoms with Gasteiger partial charge >= 0.3 is 0 Å². The maximum Gasteiger partial charge on any atom is 0.161 e. The first-order valence-corrected chi connectivity index (χ1v) is 6.53. The van der Waals surface area contributed by atoms with Crippen LogP contribution < -0.4 is 4.90 Å². The Bertz CT molecular complexity index is 461. The van der Waals surface area contributed by atoms with Gasteiger partial charge in [-0.25, -0.2) is 0 Å². The average Bonchev–Trinajstić information content (AvgIpc) is 2.74. The summed E-state index contributed by atoms with van der Waals surface area (Å²) in [5.41, 5.74) is 1.59. The van der Waals surface area contributed by atoms with Crippen LogP contribution >= 0.6 is 11.6 Å². The van der Waals surface area contributed by atoms with E-state index in [9.17, 15) is 4.79 Å². The minimum absolute atomic E-state index is 0.00762. The fourth-order valence-electron chi connectivity index (χ4n) is 2.43. The number of ether oxygens (including phenoxy) is 1. The molecule has 18 heavy (non-hydrogen) atoms. The molecule has 98 valence electrons. The Labute approximate surface area is 113 Å². The minimum atomic E-state index is -0.00762. The lowest BCUT2D eigenvalue weighted by Gasteiger charge is -2.29. The Hall–Kier alpha value is -1.06. The van der Waals surface area contributed by atoms with Crippen molar-refractivity contribution in [2.45, 2.75) is 32.4 Å². The number of ketones is 1. The molecule has 0 saturated carbocycles. The third kappa shape index (κ3) is 2.52. The van der Waals surface area contributed by atoms with E-state index < -0.39 is 0 Å². The zero-order valence-corrected chi connectivity index (χ0v) is 11.7. The van der Waals surface area contributed by atoms with Crippen LogP contribution in [0.5, 0.6) is 0 Å². The van der Waals surface area contributed by atoms with E-state index in [1.807, 2.05) is 19.2 Å². The minimum Gasteiger partial charge on any atom is -0.376 e. The second-order valence-corrected chi connectivity index (χ2v) is 5.17. The molecule has 0 amide bonds. The van der Waals surface area contributed by atoms with E-state index in [1.54, 1.807) is 6.07 Å². The van der Waals surface area contributed by atoms with Crippen molar-refractivity contribution in [2.24, 2.45) is 0 Å². The Morgan fingerprint density at radius 3 is 2.72 bits per heavy atom. The molecule has 1 fully saturated rings. The van der Waals surface area contributed by atoms with Crippen molar-refractivity contribution in [3.63, 3.8) is 0 Å². The molecule has 1 aromatic carbocycles. The summed E-state index contributed by atoms with van der Waals surface area (Å²) in [5, 5.41) is 0.512. The van der Waals surface area contributed by atoms with E-state index in [-0.39, 0.29) is 11.9 Å². The molecule has 2 atom stereocenters. The Kier molecular flexibility index (Phi) is 3.93. The first-order chi connectivity index (χ1) is 8.50. The van der Waals surface area contributed by atoms with Gasteiger partial charge in [0.05, 0.1) is 17.2 Å². The number of nitrogens with zero attached hydrogens (tertiary/aromatic N) is 1. The fourth-order valence-corrected chi connectivity index (χ4v) is 2.74. The maximum atomic E-state index is 11.3. The van der Waals surface area contributed by atoms with Crippen molar-refractivity contribution >= 4 is 23.1 Å². The van der Waals surface area contributed by atoms with Gasteiger partial charge in [-0.1, -0.05) is 11.6 Å². The van der Waals surface area contributed by atoms with Crippen molar-refractivity contribution in [1.82, 2.24) is 0 Å². The van der Waals surface area contributed by atoms with E-state index in [2.05, 4.69) is 11.8 Å². The average molecular weight is 268 g/mol. The van der Waals surface area contributed by atoms with Gasteiger partial charge in [-0.05, 0) is 38.5 Å². The number of carbonyl (C=O) groups is 1. The number of Topliss-reactive ketones (excluding diaryl/α,β-unsaturated/α-hetero) is 1. The van der Waals surface area contributed by atoms with Crippen molar-refractivity contribution < 1.29 is 9.53 Å². The number of rotatable bonds is 3. The quantitative estimate of drug-likeness (QED) is 0.788. The molecular weight excluding hydrogens is 250 g/mol. The van der Waals surface area contributed by atoms with Gasteiger partial charge in [0.1, 0.15) is 0 Å². The molecule has 0 radical (unpaired) electrons. The molecule has 4 heteroatoms. The SMILES string of the molecule is CC(=O)c1ccc(N(C)C2CCOC2C)cc1Cl. The molecular formula is C14H18ClNO2. The highest BCUT2D eigenvalue weighted by Crippen LogP contribution is 2.28. The third-order valence-electron chi connectivity index (χ3n) is 3.57. The molecule has 0 spiro atoms. The standard InChI is InChI=1S/C14H18ClNO2/c1-9(17)12-5-4-11(8-13(12)15)16(3)14-6-7-18-10(14)2/h4-5,8,10,14H,6-7H2,1-3H3. The lowest BCUT2D eigenvalue weighted by atomic mass is 10.1.